The summed E-state index contributed by atoms with van der Waals surface area (Å²) in [6.07, 6.45) is 0. The van der Waals surface area contributed by atoms with E-state index in [0.717, 1.165) is 11.1 Å². The molecule has 0 nitrogen and oxygen atoms in total. The highest BCUT2D eigenvalue weighted by atomic mass is 35.5. The average Bonchev–Trinajstić information content (AvgIpc) is 2.25. The Bertz CT molecular complexity index is 554. The first-order chi connectivity index (χ1) is 7.99. The van der Waals surface area contributed by atoms with E-state index in [9.17, 15) is 0 Å². The van der Waals surface area contributed by atoms with E-state index >= 15 is 0 Å². The van der Waals surface area contributed by atoms with Crippen LogP contribution >= 0.6 is 58.0 Å². The van der Waals surface area contributed by atoms with Gasteiger partial charge in [0.1, 0.15) is 0 Å². The molecule has 0 amide bonds. The molecular weight excluding hydrogens is 333 g/mol. The number of halogens is 5. The topological polar surface area (TPSA) is 0 Å². The molecule has 0 heterocycles. The van der Waals surface area contributed by atoms with E-state index < -0.39 is 0 Å². The first kappa shape index (κ1) is 13.3. The van der Waals surface area contributed by atoms with Crippen LogP contribution in [0.4, 0.5) is 0 Å². The highest BCUT2D eigenvalue weighted by Crippen LogP contribution is 2.37. The summed E-state index contributed by atoms with van der Waals surface area (Å²) in [5.41, 5.74) is 1.60. The molecule has 17 heavy (non-hydrogen) atoms. The van der Waals surface area contributed by atoms with Gasteiger partial charge < -0.3 is 0 Å². The maximum Gasteiger partial charge on any atom is 0.0778 e. The average molecular weight is 338 g/mol. The first-order valence-corrected chi connectivity index (χ1v) is 6.48. The van der Waals surface area contributed by atoms with Gasteiger partial charge in [-0.1, -0.05) is 64.1 Å². The zero-order valence-corrected chi connectivity index (χ0v) is 12.1. The predicted octanol–water partition coefficient (Wildman–Crippen LogP) is 6.62. The third kappa shape index (κ3) is 2.83. The van der Waals surface area contributed by atoms with Crippen LogP contribution in [0.1, 0.15) is 0 Å². The van der Waals surface area contributed by atoms with Gasteiger partial charge in [0, 0.05) is 15.6 Å². The van der Waals surface area contributed by atoms with Crippen molar-refractivity contribution in [3.63, 3.8) is 0 Å². The minimum absolute atomic E-state index is 0.335. The molecule has 2 aromatic rings. The lowest BCUT2D eigenvalue weighted by molar-refractivity contribution is 1.61. The fourth-order valence-electron chi connectivity index (χ4n) is 1.43. The maximum atomic E-state index is 6.10. The monoisotopic (exact) mass is 336 g/mol. The summed E-state index contributed by atoms with van der Waals surface area (Å²) >= 11 is 29.8. The van der Waals surface area contributed by atoms with Crippen LogP contribution in [0, 0.1) is 0 Å². The molecule has 0 saturated heterocycles. The van der Waals surface area contributed by atoms with Gasteiger partial charge in [0.25, 0.3) is 0 Å². The van der Waals surface area contributed by atoms with Crippen LogP contribution in [0.25, 0.3) is 11.1 Å². The van der Waals surface area contributed by atoms with Crippen molar-refractivity contribution in [1.82, 2.24) is 0 Å². The lowest BCUT2D eigenvalue weighted by Gasteiger charge is -2.08. The van der Waals surface area contributed by atoms with Crippen molar-refractivity contribution in [3.8, 4) is 11.1 Å². The zero-order valence-electron chi connectivity index (χ0n) is 8.28. The molecule has 88 valence electrons. The smallest absolute Gasteiger partial charge is 0.0778 e. The van der Waals surface area contributed by atoms with Gasteiger partial charge in [-0.05, 0) is 29.8 Å². The second-order valence-electron chi connectivity index (χ2n) is 3.38. The summed E-state index contributed by atoms with van der Waals surface area (Å²) in [6, 6.07) is 8.64. The molecule has 0 N–H and O–H groups in total. The van der Waals surface area contributed by atoms with Gasteiger partial charge in [-0.15, -0.1) is 0 Å². The van der Waals surface area contributed by atoms with Crippen LogP contribution in [0.5, 0.6) is 0 Å². The van der Waals surface area contributed by atoms with Crippen LogP contribution in [-0.4, -0.2) is 0 Å². The molecule has 0 radical (unpaired) electrons. The van der Waals surface area contributed by atoms with E-state index in [4.69, 9.17) is 58.0 Å². The summed E-state index contributed by atoms with van der Waals surface area (Å²) in [5, 5.41) is 2.22. The van der Waals surface area contributed by atoms with Gasteiger partial charge in [0.2, 0.25) is 0 Å². The predicted molar refractivity (Wildman–Crippen MR) is 76.9 cm³/mol. The van der Waals surface area contributed by atoms with Crippen LogP contribution in [-0.2, 0) is 0 Å². The van der Waals surface area contributed by atoms with Crippen molar-refractivity contribution in [1.29, 1.82) is 0 Å². The largest absolute Gasteiger partial charge is 0.0843 e. The zero-order chi connectivity index (χ0) is 12.6. The molecular formula is C12H5Cl5. The summed E-state index contributed by atoms with van der Waals surface area (Å²) in [4.78, 5) is 0. The van der Waals surface area contributed by atoms with E-state index in [2.05, 4.69) is 0 Å². The van der Waals surface area contributed by atoms with Gasteiger partial charge in [0.05, 0.1) is 15.1 Å². The van der Waals surface area contributed by atoms with Crippen molar-refractivity contribution in [2.45, 2.75) is 0 Å². The Morgan fingerprint density at radius 2 is 1.24 bits per heavy atom. The van der Waals surface area contributed by atoms with Gasteiger partial charge in [0.15, 0.2) is 0 Å². The molecule has 0 spiro atoms. The third-order valence-electron chi connectivity index (χ3n) is 2.23. The molecule has 0 aromatic heterocycles. The molecule has 0 aliphatic rings. The third-order valence-corrected chi connectivity index (χ3v) is 3.97. The normalized spacial score (nSPS) is 10.6. The number of rotatable bonds is 1. The van der Waals surface area contributed by atoms with E-state index in [0.29, 0.717) is 25.1 Å². The lowest BCUT2D eigenvalue weighted by Crippen LogP contribution is -1.82. The summed E-state index contributed by atoms with van der Waals surface area (Å²) in [7, 11) is 0. The van der Waals surface area contributed by atoms with Crippen molar-refractivity contribution < 1.29 is 0 Å². The molecule has 0 aliphatic carbocycles. The van der Waals surface area contributed by atoms with Crippen molar-refractivity contribution in [2.75, 3.05) is 0 Å². The molecule has 0 atom stereocenters. The maximum absolute atomic E-state index is 6.10. The molecule has 0 saturated carbocycles. The SMILES string of the molecule is Cl[13c]1[13cH][13cH][13c](-[13c]2[13cH][13c](Cl)[13c](Cl)[13c](Cl)[13cH]2)[13c](Cl)[13cH]1. The molecule has 5 heteroatoms. The second-order valence-corrected chi connectivity index (χ2v) is 5.41. The number of hydrogen-bond acceptors (Lipinski definition) is 0. The first-order valence-electron chi connectivity index (χ1n) is 4.59. The quantitative estimate of drug-likeness (QED) is 0.513. The molecule has 0 fully saturated rings. The van der Waals surface area contributed by atoms with E-state index in [1.165, 1.54) is 0 Å². The molecule has 2 rings (SSSR count). The summed E-state index contributed by atoms with van der Waals surface area (Å²) in [6.45, 7) is 0. The molecule has 0 bridgehead atoms. The number of hydrogen-bond donors (Lipinski definition) is 0. The van der Waals surface area contributed by atoms with Gasteiger partial charge >= 0.3 is 0 Å². The Morgan fingerprint density at radius 3 is 1.76 bits per heavy atom. The molecule has 2 aromatic carbocycles. The van der Waals surface area contributed by atoms with Crippen LogP contribution < -0.4 is 0 Å². The Morgan fingerprint density at radius 1 is 0.647 bits per heavy atom. The Balaban J connectivity index is 2.61. The molecule has 0 aliphatic heterocycles. The minimum Gasteiger partial charge on any atom is -0.0843 e. The fourth-order valence-corrected chi connectivity index (χ4v) is 2.55. The highest BCUT2D eigenvalue weighted by Gasteiger charge is 2.10. The van der Waals surface area contributed by atoms with E-state index in [1.54, 1.807) is 30.3 Å². The Hall–Kier alpha value is -0.110. The fraction of sp³-hybridized carbons (Fsp3) is 0. The second kappa shape index (κ2) is 5.26. The Labute approximate surface area is 124 Å². The van der Waals surface area contributed by atoms with Crippen molar-refractivity contribution >= 4 is 58.0 Å². The lowest BCUT2D eigenvalue weighted by atomic mass is 11.1. The summed E-state index contributed by atoms with van der Waals surface area (Å²) in [5.74, 6) is 0. The standard InChI is InChI=1S/C12H5Cl5/c13-7-1-2-8(9(14)5-7)6-3-10(15)12(17)11(16)4-6/h1-5H/i1+1,2+1,3+1,4+1,5+1,6+1,7+1,8+1,9+1,10+1,11+1,12+1. The van der Waals surface area contributed by atoms with Crippen LogP contribution in [0.15, 0.2) is 30.3 Å². The van der Waals surface area contributed by atoms with E-state index in [-0.39, 0.29) is 0 Å². The van der Waals surface area contributed by atoms with Crippen LogP contribution in [0.2, 0.25) is 25.1 Å². The summed E-state index contributed by atoms with van der Waals surface area (Å²) < 4.78 is 0. The number of benzene rings is 2. The highest BCUT2D eigenvalue weighted by molar-refractivity contribution is 6.48. The van der Waals surface area contributed by atoms with Crippen molar-refractivity contribution in [2.24, 2.45) is 0 Å². The van der Waals surface area contributed by atoms with Gasteiger partial charge in [-0.2, -0.15) is 0 Å². The van der Waals surface area contributed by atoms with Gasteiger partial charge in [-0.3, -0.25) is 0 Å². The van der Waals surface area contributed by atoms with E-state index in [1.807, 2.05) is 0 Å². The molecule has 0 unspecified atom stereocenters. The minimum atomic E-state index is 0.335. The van der Waals surface area contributed by atoms with Crippen molar-refractivity contribution in [3.05, 3.63) is 55.4 Å². The van der Waals surface area contributed by atoms with Gasteiger partial charge in [-0.25, -0.2) is 0 Å². The Kier molecular flexibility index (Phi) is 4.12. The van der Waals surface area contributed by atoms with Crippen LogP contribution in [0.3, 0.4) is 0 Å².